The van der Waals surface area contributed by atoms with E-state index in [2.05, 4.69) is 39.1 Å². The fourth-order valence-electron chi connectivity index (χ4n) is 3.56. The zero-order valence-electron chi connectivity index (χ0n) is 17.6. The number of hydrogen-bond acceptors (Lipinski definition) is 7. The largest absolute Gasteiger partial charge is 0.497 e. The number of aromatic nitrogens is 2. The highest BCUT2D eigenvalue weighted by Gasteiger charge is 2.27. The van der Waals surface area contributed by atoms with Crippen LogP contribution in [0.3, 0.4) is 0 Å². The normalized spacial score (nSPS) is 15.0. The van der Waals surface area contributed by atoms with Crippen LogP contribution >= 0.6 is 0 Å². The highest BCUT2D eigenvalue weighted by Crippen LogP contribution is 2.25. The molecule has 1 N–H and O–H groups in total. The smallest absolute Gasteiger partial charge is 0.324 e. The molecule has 1 saturated heterocycles. The van der Waals surface area contributed by atoms with Gasteiger partial charge in [0.25, 0.3) is 0 Å². The summed E-state index contributed by atoms with van der Waals surface area (Å²) in [6, 6.07) is 8.06. The third kappa shape index (κ3) is 5.47. The maximum Gasteiger partial charge on any atom is 0.324 e. The number of ether oxygens (including phenoxy) is 1. The molecule has 29 heavy (non-hydrogen) atoms. The summed E-state index contributed by atoms with van der Waals surface area (Å²) in [7, 11) is 1.64. The predicted molar refractivity (Wildman–Crippen MR) is 112 cm³/mol. The van der Waals surface area contributed by atoms with Gasteiger partial charge < -0.3 is 24.4 Å². The Hall–Kier alpha value is -2.61. The molecule has 1 amide bonds. The SMILES string of the molecule is CCN(CC)CCNC(=O)C1CCN(c2nc(-c3ccc(OC)cc3)no2)CC1. The highest BCUT2D eigenvalue weighted by molar-refractivity contribution is 5.78. The van der Waals surface area contributed by atoms with E-state index in [9.17, 15) is 4.79 Å². The molecule has 1 aromatic heterocycles. The standard InChI is InChI=1S/C21H31N5O3/c1-4-25(5-2)15-12-22-20(27)17-10-13-26(14-11-17)21-23-19(24-29-21)16-6-8-18(28-3)9-7-16/h6-9,17H,4-5,10-15H2,1-3H3,(H,22,27). The lowest BCUT2D eigenvalue weighted by Crippen LogP contribution is -2.42. The Morgan fingerprint density at radius 2 is 1.93 bits per heavy atom. The van der Waals surface area contributed by atoms with Crippen LogP contribution in [0.1, 0.15) is 26.7 Å². The average molecular weight is 402 g/mol. The van der Waals surface area contributed by atoms with Crippen molar-refractivity contribution in [1.82, 2.24) is 20.4 Å². The van der Waals surface area contributed by atoms with Crippen molar-refractivity contribution in [2.45, 2.75) is 26.7 Å². The van der Waals surface area contributed by atoms with Crippen LogP contribution in [-0.2, 0) is 4.79 Å². The Balaban J connectivity index is 1.48. The van der Waals surface area contributed by atoms with Gasteiger partial charge in [0.15, 0.2) is 0 Å². The topological polar surface area (TPSA) is 83.7 Å². The maximum absolute atomic E-state index is 12.4. The van der Waals surface area contributed by atoms with Crippen molar-refractivity contribution >= 4 is 11.9 Å². The summed E-state index contributed by atoms with van der Waals surface area (Å²) in [5.41, 5.74) is 0.878. The Morgan fingerprint density at radius 3 is 2.55 bits per heavy atom. The molecule has 158 valence electrons. The zero-order chi connectivity index (χ0) is 20.6. The van der Waals surface area contributed by atoms with Gasteiger partial charge in [-0.05, 0) is 50.2 Å². The minimum absolute atomic E-state index is 0.0481. The van der Waals surface area contributed by atoms with E-state index in [-0.39, 0.29) is 11.8 Å². The van der Waals surface area contributed by atoms with Gasteiger partial charge in [0.2, 0.25) is 11.7 Å². The molecule has 0 radical (unpaired) electrons. The van der Waals surface area contributed by atoms with Crippen molar-refractivity contribution in [2.24, 2.45) is 5.92 Å². The van der Waals surface area contributed by atoms with Gasteiger partial charge in [-0.2, -0.15) is 4.98 Å². The number of amides is 1. The molecule has 1 aromatic carbocycles. The van der Waals surface area contributed by atoms with E-state index in [4.69, 9.17) is 9.26 Å². The first kappa shape index (κ1) is 21.1. The van der Waals surface area contributed by atoms with Crippen LogP contribution in [0.4, 0.5) is 6.01 Å². The van der Waals surface area contributed by atoms with Gasteiger partial charge in [-0.15, -0.1) is 0 Å². The molecule has 0 spiro atoms. The van der Waals surface area contributed by atoms with E-state index < -0.39 is 0 Å². The highest BCUT2D eigenvalue weighted by atomic mass is 16.5. The minimum atomic E-state index is 0.0481. The van der Waals surface area contributed by atoms with Crippen molar-refractivity contribution in [3.05, 3.63) is 24.3 Å². The summed E-state index contributed by atoms with van der Waals surface area (Å²) in [5.74, 6) is 1.54. The van der Waals surface area contributed by atoms with Gasteiger partial charge in [0.05, 0.1) is 7.11 Å². The van der Waals surface area contributed by atoms with E-state index in [0.29, 0.717) is 18.4 Å². The number of hydrogen-bond donors (Lipinski definition) is 1. The Labute approximate surface area is 172 Å². The first-order chi connectivity index (χ1) is 14.1. The molecule has 0 bridgehead atoms. The molecule has 2 heterocycles. The molecular weight excluding hydrogens is 370 g/mol. The number of likely N-dealkylation sites (N-methyl/N-ethyl adjacent to an activating group) is 1. The second-order valence-electron chi connectivity index (χ2n) is 7.21. The fourth-order valence-corrected chi connectivity index (χ4v) is 3.56. The summed E-state index contributed by atoms with van der Waals surface area (Å²) in [6.07, 6.45) is 1.58. The van der Waals surface area contributed by atoms with E-state index >= 15 is 0 Å². The number of piperidine rings is 1. The van der Waals surface area contributed by atoms with E-state index in [1.54, 1.807) is 7.11 Å². The second kappa shape index (κ2) is 10.2. The molecule has 1 aliphatic heterocycles. The number of methoxy groups -OCH3 is 1. The lowest BCUT2D eigenvalue weighted by Gasteiger charge is -2.30. The predicted octanol–water partition coefficient (Wildman–Crippen LogP) is 2.42. The molecule has 1 fully saturated rings. The van der Waals surface area contributed by atoms with Crippen molar-refractivity contribution in [2.75, 3.05) is 51.3 Å². The summed E-state index contributed by atoms with van der Waals surface area (Å²) >= 11 is 0. The van der Waals surface area contributed by atoms with Crippen LogP contribution in [0.25, 0.3) is 11.4 Å². The number of carbonyl (C=O) groups is 1. The van der Waals surface area contributed by atoms with Crippen LogP contribution in [0.15, 0.2) is 28.8 Å². The van der Waals surface area contributed by atoms with Crippen molar-refractivity contribution in [1.29, 1.82) is 0 Å². The van der Waals surface area contributed by atoms with E-state index in [0.717, 1.165) is 56.9 Å². The fraction of sp³-hybridized carbons (Fsp3) is 0.571. The molecule has 0 unspecified atom stereocenters. The molecule has 2 aromatic rings. The summed E-state index contributed by atoms with van der Waals surface area (Å²) in [6.45, 7) is 9.36. The summed E-state index contributed by atoms with van der Waals surface area (Å²) in [4.78, 5) is 21.3. The van der Waals surface area contributed by atoms with Crippen molar-refractivity contribution < 1.29 is 14.1 Å². The van der Waals surface area contributed by atoms with Crippen LogP contribution in [-0.4, -0.2) is 67.3 Å². The van der Waals surface area contributed by atoms with Crippen molar-refractivity contribution in [3.63, 3.8) is 0 Å². The maximum atomic E-state index is 12.4. The molecule has 0 aliphatic carbocycles. The van der Waals surface area contributed by atoms with Gasteiger partial charge in [-0.1, -0.05) is 19.0 Å². The van der Waals surface area contributed by atoms with Crippen LogP contribution in [0.2, 0.25) is 0 Å². The summed E-state index contributed by atoms with van der Waals surface area (Å²) < 4.78 is 10.6. The quantitative estimate of drug-likeness (QED) is 0.691. The number of rotatable bonds is 9. The van der Waals surface area contributed by atoms with Gasteiger partial charge in [-0.3, -0.25) is 4.79 Å². The third-order valence-electron chi connectivity index (χ3n) is 5.52. The zero-order valence-corrected chi connectivity index (χ0v) is 17.6. The number of anilines is 1. The van der Waals surface area contributed by atoms with E-state index in [1.807, 2.05) is 24.3 Å². The molecule has 8 heteroatoms. The van der Waals surface area contributed by atoms with Gasteiger partial charge in [-0.25, -0.2) is 0 Å². The monoisotopic (exact) mass is 401 g/mol. The number of benzene rings is 1. The average Bonchev–Trinajstić information content (AvgIpc) is 3.27. The van der Waals surface area contributed by atoms with E-state index in [1.165, 1.54) is 0 Å². The molecule has 8 nitrogen and oxygen atoms in total. The van der Waals surface area contributed by atoms with Crippen LogP contribution < -0.4 is 15.0 Å². The first-order valence-electron chi connectivity index (χ1n) is 10.4. The van der Waals surface area contributed by atoms with Crippen molar-refractivity contribution in [3.8, 4) is 17.1 Å². The lowest BCUT2D eigenvalue weighted by atomic mass is 9.96. The van der Waals surface area contributed by atoms with Crippen LogP contribution in [0.5, 0.6) is 5.75 Å². The van der Waals surface area contributed by atoms with Gasteiger partial charge >= 0.3 is 6.01 Å². The second-order valence-corrected chi connectivity index (χ2v) is 7.21. The third-order valence-corrected chi connectivity index (χ3v) is 5.52. The summed E-state index contributed by atoms with van der Waals surface area (Å²) in [5, 5.41) is 7.17. The molecule has 3 rings (SSSR count). The number of nitrogens with zero attached hydrogens (tertiary/aromatic N) is 4. The van der Waals surface area contributed by atoms with Gasteiger partial charge in [0.1, 0.15) is 5.75 Å². The Kier molecular flexibility index (Phi) is 7.46. The van der Waals surface area contributed by atoms with Gasteiger partial charge in [0, 0.05) is 37.7 Å². The Bertz CT molecular complexity index is 765. The number of carbonyl (C=O) groups excluding carboxylic acids is 1. The number of nitrogens with one attached hydrogen (secondary N) is 1. The van der Waals surface area contributed by atoms with Crippen LogP contribution in [0, 0.1) is 5.92 Å². The molecular formula is C21H31N5O3. The molecule has 0 saturated carbocycles. The lowest BCUT2D eigenvalue weighted by molar-refractivity contribution is -0.125. The first-order valence-corrected chi connectivity index (χ1v) is 10.4. The Morgan fingerprint density at radius 1 is 1.24 bits per heavy atom. The molecule has 0 atom stereocenters. The minimum Gasteiger partial charge on any atom is -0.497 e. The molecule has 1 aliphatic rings.